The minimum absolute atomic E-state index is 0.0474. The van der Waals surface area contributed by atoms with E-state index in [1.807, 2.05) is 17.9 Å². The number of morpholine rings is 1. The van der Waals surface area contributed by atoms with Crippen LogP contribution in [0.5, 0.6) is 0 Å². The highest BCUT2D eigenvalue weighted by Crippen LogP contribution is 2.29. The molecule has 0 aromatic carbocycles. The molecule has 2 aromatic heterocycles. The van der Waals surface area contributed by atoms with Crippen molar-refractivity contribution in [1.82, 2.24) is 24.7 Å². The van der Waals surface area contributed by atoms with E-state index in [1.165, 1.54) is 5.69 Å². The highest BCUT2D eigenvalue weighted by molar-refractivity contribution is 5.94. The van der Waals surface area contributed by atoms with Crippen molar-refractivity contribution < 1.29 is 14.1 Å². The molecule has 8 heteroatoms. The molecule has 8 nitrogen and oxygen atoms in total. The van der Waals surface area contributed by atoms with Gasteiger partial charge < -0.3 is 14.2 Å². The summed E-state index contributed by atoms with van der Waals surface area (Å²) in [5, 5.41) is 8.82. The van der Waals surface area contributed by atoms with Gasteiger partial charge in [0.2, 0.25) is 0 Å². The average Bonchev–Trinajstić information content (AvgIpc) is 3.30. The lowest BCUT2D eigenvalue weighted by Crippen LogP contribution is -2.42. The number of likely N-dealkylation sites (N-methyl/N-ethyl adjacent to an activating group) is 1. The van der Waals surface area contributed by atoms with Crippen LogP contribution in [0.4, 0.5) is 0 Å². The number of hydrogen-bond acceptors (Lipinski definition) is 6. The number of carbonyl (C=O) groups is 1. The lowest BCUT2D eigenvalue weighted by Gasteiger charge is -2.31. The van der Waals surface area contributed by atoms with Crippen LogP contribution < -0.4 is 0 Å². The van der Waals surface area contributed by atoms with Crippen LogP contribution in [0.3, 0.4) is 0 Å². The minimum Gasteiger partial charge on any atom is -0.378 e. The summed E-state index contributed by atoms with van der Waals surface area (Å²) in [5.41, 5.74) is 3.91. The third-order valence-corrected chi connectivity index (χ3v) is 6.06. The highest BCUT2D eigenvalue weighted by Gasteiger charge is 2.33. The number of rotatable bonds is 6. The minimum atomic E-state index is 0.0474. The molecule has 0 saturated carbocycles. The quantitative estimate of drug-likeness (QED) is 0.721. The first-order chi connectivity index (χ1) is 14.4. The molecule has 0 bridgehead atoms. The largest absolute Gasteiger partial charge is 0.378 e. The van der Waals surface area contributed by atoms with Crippen molar-refractivity contribution in [3.05, 3.63) is 34.5 Å². The third kappa shape index (κ3) is 4.44. The second-order valence-electron chi connectivity index (χ2n) is 9.00. The molecule has 1 aliphatic heterocycles. The standard InChI is InChI=1S/C22H33N5O3/c1-15(2)13-27-20-6-5-17(25(4)14-18-11-16(3)24-30-18)12-19(20)21(23-27)22(28)26-7-9-29-10-8-26/h11,15,17H,5-10,12-14H2,1-4H3. The first kappa shape index (κ1) is 21.1. The van der Waals surface area contributed by atoms with Gasteiger partial charge in [-0.2, -0.15) is 5.10 Å². The monoisotopic (exact) mass is 415 g/mol. The summed E-state index contributed by atoms with van der Waals surface area (Å²) >= 11 is 0. The Hall–Kier alpha value is -2.19. The van der Waals surface area contributed by atoms with Crippen LogP contribution in [-0.2, 0) is 30.7 Å². The van der Waals surface area contributed by atoms with Gasteiger partial charge in [-0.1, -0.05) is 19.0 Å². The number of nitrogens with zero attached hydrogens (tertiary/aromatic N) is 5. The zero-order chi connectivity index (χ0) is 21.3. The van der Waals surface area contributed by atoms with Gasteiger partial charge in [0.05, 0.1) is 25.5 Å². The molecular weight excluding hydrogens is 382 g/mol. The Balaban J connectivity index is 1.57. The Morgan fingerprint density at radius 2 is 2.10 bits per heavy atom. The summed E-state index contributed by atoms with van der Waals surface area (Å²) in [6.07, 6.45) is 2.82. The van der Waals surface area contributed by atoms with Gasteiger partial charge in [0.25, 0.3) is 5.91 Å². The van der Waals surface area contributed by atoms with E-state index in [9.17, 15) is 4.79 Å². The number of aryl methyl sites for hydroxylation is 1. The zero-order valence-electron chi connectivity index (χ0n) is 18.6. The van der Waals surface area contributed by atoms with Gasteiger partial charge in [-0.15, -0.1) is 0 Å². The third-order valence-electron chi connectivity index (χ3n) is 6.06. The van der Waals surface area contributed by atoms with Gasteiger partial charge in [-0.05, 0) is 39.2 Å². The number of fused-ring (bicyclic) bond motifs is 1. The molecule has 4 rings (SSSR count). The number of aromatic nitrogens is 3. The second kappa shape index (κ2) is 8.89. The Morgan fingerprint density at radius 1 is 1.33 bits per heavy atom. The molecule has 0 radical (unpaired) electrons. The van der Waals surface area contributed by atoms with Crippen molar-refractivity contribution in [1.29, 1.82) is 0 Å². The fourth-order valence-corrected chi connectivity index (χ4v) is 4.50. The van der Waals surface area contributed by atoms with Gasteiger partial charge in [-0.25, -0.2) is 0 Å². The van der Waals surface area contributed by atoms with Crippen molar-refractivity contribution in [2.75, 3.05) is 33.4 Å². The van der Waals surface area contributed by atoms with Gasteiger partial charge in [0.1, 0.15) is 0 Å². The van der Waals surface area contributed by atoms with Crippen molar-refractivity contribution in [2.24, 2.45) is 5.92 Å². The van der Waals surface area contributed by atoms with Gasteiger partial charge in [0, 0.05) is 43.0 Å². The molecule has 0 N–H and O–H groups in total. The lowest BCUT2D eigenvalue weighted by atomic mass is 9.90. The Bertz CT molecular complexity index is 881. The first-order valence-corrected chi connectivity index (χ1v) is 11.0. The van der Waals surface area contributed by atoms with Crippen LogP contribution in [0.15, 0.2) is 10.6 Å². The summed E-state index contributed by atoms with van der Waals surface area (Å²) in [7, 11) is 2.12. The number of hydrogen-bond donors (Lipinski definition) is 0. The van der Waals surface area contributed by atoms with Gasteiger partial charge >= 0.3 is 0 Å². The Morgan fingerprint density at radius 3 is 2.77 bits per heavy atom. The fourth-order valence-electron chi connectivity index (χ4n) is 4.50. The predicted octanol–water partition coefficient (Wildman–Crippen LogP) is 2.30. The molecule has 1 amide bonds. The fraction of sp³-hybridized carbons (Fsp3) is 0.682. The van der Waals surface area contributed by atoms with Crippen LogP contribution in [0.1, 0.15) is 53.5 Å². The SMILES string of the molecule is Cc1cc(CN(C)C2CCc3c(c(C(=O)N4CCOCC4)nn3CC(C)C)C2)on1. The van der Waals surface area contributed by atoms with E-state index in [0.717, 1.165) is 42.8 Å². The lowest BCUT2D eigenvalue weighted by molar-refractivity contribution is 0.0297. The normalized spacial score (nSPS) is 19.5. The number of amides is 1. The topological polar surface area (TPSA) is 76.6 Å². The summed E-state index contributed by atoms with van der Waals surface area (Å²) < 4.78 is 12.9. The highest BCUT2D eigenvalue weighted by atomic mass is 16.5. The molecule has 1 aliphatic carbocycles. The molecule has 1 atom stereocenters. The zero-order valence-corrected chi connectivity index (χ0v) is 18.6. The molecule has 1 fully saturated rings. The van der Waals surface area contributed by atoms with Crippen LogP contribution in [0.2, 0.25) is 0 Å². The molecule has 0 spiro atoms. The Labute approximate surface area is 178 Å². The number of carbonyl (C=O) groups excluding carboxylic acids is 1. The maximum atomic E-state index is 13.3. The van der Waals surface area contributed by atoms with Crippen LogP contribution in [0.25, 0.3) is 0 Å². The van der Waals surface area contributed by atoms with E-state index >= 15 is 0 Å². The average molecular weight is 416 g/mol. The summed E-state index contributed by atoms with van der Waals surface area (Å²) in [6.45, 7) is 10.4. The van der Waals surface area contributed by atoms with Gasteiger partial charge in [0.15, 0.2) is 11.5 Å². The van der Waals surface area contributed by atoms with E-state index < -0.39 is 0 Å². The smallest absolute Gasteiger partial charge is 0.274 e. The van der Waals surface area contributed by atoms with E-state index in [2.05, 4.69) is 35.6 Å². The molecule has 2 aliphatic rings. The molecule has 30 heavy (non-hydrogen) atoms. The Kier molecular flexibility index (Phi) is 6.24. The predicted molar refractivity (Wildman–Crippen MR) is 112 cm³/mol. The van der Waals surface area contributed by atoms with Crippen LogP contribution in [0, 0.1) is 12.8 Å². The molecule has 3 heterocycles. The molecule has 2 aromatic rings. The summed E-state index contributed by atoms with van der Waals surface area (Å²) in [4.78, 5) is 17.5. The first-order valence-electron chi connectivity index (χ1n) is 11.0. The summed E-state index contributed by atoms with van der Waals surface area (Å²) in [6, 6.07) is 2.33. The van der Waals surface area contributed by atoms with Crippen LogP contribution >= 0.6 is 0 Å². The summed E-state index contributed by atoms with van der Waals surface area (Å²) in [5.74, 6) is 1.41. The van der Waals surface area contributed by atoms with Crippen molar-refractivity contribution in [3.63, 3.8) is 0 Å². The second-order valence-corrected chi connectivity index (χ2v) is 9.00. The van der Waals surface area contributed by atoms with E-state index in [1.54, 1.807) is 0 Å². The maximum Gasteiger partial charge on any atom is 0.274 e. The van der Waals surface area contributed by atoms with Crippen molar-refractivity contribution in [2.45, 2.75) is 59.2 Å². The van der Waals surface area contributed by atoms with E-state index in [-0.39, 0.29) is 5.91 Å². The van der Waals surface area contributed by atoms with E-state index in [0.29, 0.717) is 50.5 Å². The number of ether oxygens (including phenoxy) is 1. The van der Waals surface area contributed by atoms with Crippen molar-refractivity contribution in [3.8, 4) is 0 Å². The maximum absolute atomic E-state index is 13.3. The molecule has 1 unspecified atom stereocenters. The van der Waals surface area contributed by atoms with Gasteiger partial charge in [-0.3, -0.25) is 14.4 Å². The molecule has 1 saturated heterocycles. The van der Waals surface area contributed by atoms with Crippen LogP contribution in [-0.4, -0.2) is 70.0 Å². The molecule has 164 valence electrons. The molecular formula is C22H33N5O3. The van der Waals surface area contributed by atoms with E-state index in [4.69, 9.17) is 14.4 Å². The van der Waals surface area contributed by atoms with Crippen molar-refractivity contribution >= 4 is 5.91 Å².